The average molecular weight is 190 g/mol. The van der Waals surface area contributed by atoms with Gasteiger partial charge in [0.05, 0.1) is 0 Å². The second kappa shape index (κ2) is 7.07. The fourth-order valence-electron chi connectivity index (χ4n) is 1.09. The van der Waals surface area contributed by atoms with Crippen LogP contribution in [0.2, 0.25) is 0 Å². The van der Waals surface area contributed by atoms with Crippen LogP contribution in [-0.2, 0) is 4.79 Å². The molecule has 0 aromatic heterocycles. The number of ketones is 1. The van der Waals surface area contributed by atoms with Crippen molar-refractivity contribution in [2.45, 2.75) is 13.8 Å². The van der Waals surface area contributed by atoms with Crippen LogP contribution in [0.1, 0.15) is 13.8 Å². The van der Waals surface area contributed by atoms with E-state index in [4.69, 9.17) is 0 Å². The molecular weight excluding hydrogens is 172 g/mol. The normalized spacial score (nSPS) is 15.6. The number of rotatable bonds is 6. The van der Waals surface area contributed by atoms with E-state index >= 15 is 0 Å². The first kappa shape index (κ1) is 12.6. The summed E-state index contributed by atoms with van der Waals surface area (Å²) in [4.78, 5) is 11.7. The van der Waals surface area contributed by atoms with Crippen LogP contribution in [0.3, 0.4) is 0 Å². The van der Waals surface area contributed by atoms with Crippen LogP contribution >= 0.6 is 0 Å². The number of hydrogen-bond donors (Lipinski definition) is 0. The second-order valence-electron chi connectivity index (χ2n) is 3.22. The third-order valence-corrected chi connectivity index (χ3v) is 1.97. The van der Waals surface area contributed by atoms with Crippen molar-refractivity contribution in [1.82, 2.24) is 0 Å². The van der Waals surface area contributed by atoms with Gasteiger partial charge in [0.1, 0.15) is 5.78 Å². The zero-order valence-electron chi connectivity index (χ0n) is 8.94. The van der Waals surface area contributed by atoms with Gasteiger partial charge in [-0.2, -0.15) is 0 Å². The van der Waals surface area contributed by atoms with Crippen LogP contribution in [0.5, 0.6) is 0 Å². The van der Waals surface area contributed by atoms with E-state index < -0.39 is 0 Å². The molecule has 2 unspecified atom stereocenters. The Bertz CT molecular complexity index is 232. The van der Waals surface area contributed by atoms with Crippen LogP contribution in [0.4, 0.5) is 0 Å². The summed E-state index contributed by atoms with van der Waals surface area (Å²) in [6.45, 7) is 10.9. The monoisotopic (exact) mass is 190 g/mol. The molecule has 0 aliphatic heterocycles. The highest BCUT2D eigenvalue weighted by Gasteiger charge is 2.14. The van der Waals surface area contributed by atoms with Crippen molar-refractivity contribution in [3.05, 3.63) is 49.6 Å². The van der Waals surface area contributed by atoms with Crippen molar-refractivity contribution in [1.29, 1.82) is 0 Å². The van der Waals surface area contributed by atoms with Gasteiger partial charge < -0.3 is 0 Å². The van der Waals surface area contributed by atoms with Crippen molar-refractivity contribution < 1.29 is 4.79 Å². The lowest BCUT2D eigenvalue weighted by atomic mass is 9.95. The van der Waals surface area contributed by atoms with Crippen LogP contribution < -0.4 is 0 Å². The van der Waals surface area contributed by atoms with Gasteiger partial charge in [-0.3, -0.25) is 4.79 Å². The smallest absolute Gasteiger partial charge is 0.145 e. The van der Waals surface area contributed by atoms with Crippen molar-refractivity contribution in [2.24, 2.45) is 11.8 Å². The van der Waals surface area contributed by atoms with Gasteiger partial charge in [-0.25, -0.2) is 0 Å². The fraction of sp³-hybridized carbons (Fsp3) is 0.308. The zero-order valence-corrected chi connectivity index (χ0v) is 8.94. The Morgan fingerprint density at radius 2 is 1.36 bits per heavy atom. The molecule has 2 atom stereocenters. The fourth-order valence-corrected chi connectivity index (χ4v) is 1.09. The van der Waals surface area contributed by atoms with E-state index in [2.05, 4.69) is 13.2 Å². The lowest BCUT2D eigenvalue weighted by molar-refractivity contribution is -0.123. The van der Waals surface area contributed by atoms with E-state index in [9.17, 15) is 4.79 Å². The number of Topliss-reactive ketones (excluding diaryl/α,β-unsaturated/α-hetero) is 1. The summed E-state index contributed by atoms with van der Waals surface area (Å²) >= 11 is 0. The van der Waals surface area contributed by atoms with E-state index in [1.807, 2.05) is 26.0 Å². The van der Waals surface area contributed by atoms with Crippen LogP contribution in [0, 0.1) is 11.8 Å². The molecule has 0 aliphatic carbocycles. The molecule has 0 saturated carbocycles. The third-order valence-electron chi connectivity index (χ3n) is 1.97. The van der Waals surface area contributed by atoms with Gasteiger partial charge in [0.2, 0.25) is 0 Å². The molecule has 0 bridgehead atoms. The Balaban J connectivity index is 4.30. The van der Waals surface area contributed by atoms with E-state index in [-0.39, 0.29) is 17.6 Å². The summed E-state index contributed by atoms with van der Waals surface area (Å²) in [6, 6.07) is 0. The van der Waals surface area contributed by atoms with Gasteiger partial charge in [0, 0.05) is 11.8 Å². The van der Waals surface area contributed by atoms with Crippen molar-refractivity contribution in [3.8, 4) is 0 Å². The number of allylic oxidation sites excluding steroid dienone is 6. The molecule has 0 amide bonds. The zero-order chi connectivity index (χ0) is 11.0. The van der Waals surface area contributed by atoms with Gasteiger partial charge in [-0.1, -0.05) is 63.5 Å². The Labute approximate surface area is 86.5 Å². The van der Waals surface area contributed by atoms with Crippen molar-refractivity contribution in [2.75, 3.05) is 0 Å². The summed E-state index contributed by atoms with van der Waals surface area (Å²) in [5.74, 6) is 0.0936. The standard InChI is InChI=1S/C13H18O/c1-5-7-9-11(3)13(14)12(4)10-8-6-2/h5-12H,1-2H2,3-4H3. The van der Waals surface area contributed by atoms with Gasteiger partial charge in [0.25, 0.3) is 0 Å². The third kappa shape index (κ3) is 4.61. The Kier molecular flexibility index (Phi) is 6.38. The summed E-state index contributed by atoms with van der Waals surface area (Å²) in [6.07, 6.45) is 10.7. The molecule has 0 fully saturated rings. The molecule has 0 aliphatic rings. The number of carbonyl (C=O) groups is 1. The van der Waals surface area contributed by atoms with Crippen LogP contribution in [0.15, 0.2) is 49.6 Å². The summed E-state index contributed by atoms with van der Waals surface area (Å²) in [7, 11) is 0. The van der Waals surface area contributed by atoms with Crippen molar-refractivity contribution in [3.63, 3.8) is 0 Å². The molecule has 0 N–H and O–H groups in total. The molecule has 0 radical (unpaired) electrons. The maximum Gasteiger partial charge on any atom is 0.145 e. The highest BCUT2D eigenvalue weighted by atomic mass is 16.1. The first-order valence-electron chi connectivity index (χ1n) is 4.75. The quantitative estimate of drug-likeness (QED) is 0.587. The Morgan fingerprint density at radius 1 is 1.00 bits per heavy atom. The predicted molar refractivity (Wildman–Crippen MR) is 62.0 cm³/mol. The minimum atomic E-state index is -0.0579. The largest absolute Gasteiger partial charge is 0.298 e. The Morgan fingerprint density at radius 3 is 1.64 bits per heavy atom. The minimum absolute atomic E-state index is 0.0579. The van der Waals surface area contributed by atoms with E-state index in [1.54, 1.807) is 24.3 Å². The summed E-state index contributed by atoms with van der Waals surface area (Å²) < 4.78 is 0. The maximum atomic E-state index is 11.7. The lowest BCUT2D eigenvalue weighted by Crippen LogP contribution is -2.15. The molecule has 0 aromatic carbocycles. The van der Waals surface area contributed by atoms with Gasteiger partial charge in [0.15, 0.2) is 0 Å². The summed E-state index contributed by atoms with van der Waals surface area (Å²) in [5.41, 5.74) is 0. The van der Waals surface area contributed by atoms with Gasteiger partial charge in [-0.15, -0.1) is 0 Å². The van der Waals surface area contributed by atoms with E-state index in [0.29, 0.717) is 0 Å². The van der Waals surface area contributed by atoms with E-state index in [1.165, 1.54) is 0 Å². The van der Waals surface area contributed by atoms with Crippen LogP contribution in [-0.4, -0.2) is 5.78 Å². The SMILES string of the molecule is C=CC=CC(C)C(=O)C(C)C=CC=C. The highest BCUT2D eigenvalue weighted by molar-refractivity contribution is 5.85. The second-order valence-corrected chi connectivity index (χ2v) is 3.22. The van der Waals surface area contributed by atoms with Crippen LogP contribution in [0.25, 0.3) is 0 Å². The van der Waals surface area contributed by atoms with Gasteiger partial charge in [-0.05, 0) is 0 Å². The van der Waals surface area contributed by atoms with Gasteiger partial charge >= 0.3 is 0 Å². The molecule has 14 heavy (non-hydrogen) atoms. The minimum Gasteiger partial charge on any atom is -0.298 e. The lowest BCUT2D eigenvalue weighted by Gasteiger charge is -2.08. The van der Waals surface area contributed by atoms with E-state index in [0.717, 1.165) is 0 Å². The first-order chi connectivity index (χ1) is 6.63. The Hall–Kier alpha value is -1.37. The highest BCUT2D eigenvalue weighted by Crippen LogP contribution is 2.10. The molecule has 76 valence electrons. The molecule has 0 spiro atoms. The molecule has 0 saturated heterocycles. The molecule has 0 rings (SSSR count). The molecule has 1 nitrogen and oxygen atoms in total. The average Bonchev–Trinajstić information content (AvgIpc) is 2.21. The molecule has 0 aromatic rings. The molecule has 0 heterocycles. The topological polar surface area (TPSA) is 17.1 Å². The first-order valence-corrected chi connectivity index (χ1v) is 4.75. The maximum absolute atomic E-state index is 11.7. The molecule has 1 heteroatoms. The predicted octanol–water partition coefficient (Wildman–Crippen LogP) is 3.31. The van der Waals surface area contributed by atoms with Crippen molar-refractivity contribution >= 4 is 5.78 Å². The number of carbonyl (C=O) groups excluding carboxylic acids is 1. The molecular formula is C13H18O. The number of hydrogen-bond acceptors (Lipinski definition) is 1. The summed E-state index contributed by atoms with van der Waals surface area (Å²) in [5, 5.41) is 0.